The lowest BCUT2D eigenvalue weighted by molar-refractivity contribution is -0.0329. The summed E-state index contributed by atoms with van der Waals surface area (Å²) in [5, 5.41) is 14.0. The number of benzene rings is 1. The molecule has 2 nitrogen and oxygen atoms in total. The monoisotopic (exact) mass is 219 g/mol. The van der Waals surface area contributed by atoms with E-state index in [-0.39, 0.29) is 0 Å². The molecule has 0 radical (unpaired) electrons. The molecule has 0 aromatic heterocycles. The van der Waals surface area contributed by atoms with Crippen LogP contribution in [-0.4, -0.2) is 23.8 Å². The third kappa shape index (κ3) is 2.45. The van der Waals surface area contributed by atoms with Gasteiger partial charge in [0.1, 0.15) is 0 Å². The van der Waals surface area contributed by atoms with E-state index in [4.69, 9.17) is 0 Å². The minimum absolute atomic E-state index is 0.321. The van der Waals surface area contributed by atoms with Crippen LogP contribution >= 0.6 is 0 Å². The first-order valence-electron chi connectivity index (χ1n) is 6.09. The van der Waals surface area contributed by atoms with Crippen LogP contribution in [0.25, 0.3) is 0 Å². The number of hydrogen-bond acceptors (Lipinski definition) is 2. The molecule has 0 amide bonds. The summed E-state index contributed by atoms with van der Waals surface area (Å²) in [6.07, 6.45) is 1.62. The molecule has 2 unspecified atom stereocenters. The van der Waals surface area contributed by atoms with E-state index >= 15 is 0 Å². The quantitative estimate of drug-likeness (QED) is 0.796. The molecular formula is C14H21NO. The van der Waals surface area contributed by atoms with E-state index in [1.54, 1.807) is 0 Å². The zero-order chi connectivity index (χ0) is 11.6. The number of rotatable bonds is 2. The summed E-state index contributed by atoms with van der Waals surface area (Å²) >= 11 is 0. The molecule has 0 saturated carbocycles. The highest BCUT2D eigenvalue weighted by atomic mass is 16.3. The van der Waals surface area contributed by atoms with Crippen molar-refractivity contribution in [2.24, 2.45) is 5.92 Å². The Morgan fingerprint density at radius 1 is 1.50 bits per heavy atom. The van der Waals surface area contributed by atoms with Crippen molar-refractivity contribution in [3.05, 3.63) is 35.4 Å². The highest BCUT2D eigenvalue weighted by molar-refractivity contribution is 5.24. The molecule has 1 aromatic rings. The van der Waals surface area contributed by atoms with Crippen molar-refractivity contribution < 1.29 is 5.11 Å². The van der Waals surface area contributed by atoms with Gasteiger partial charge in [0.15, 0.2) is 0 Å². The maximum Gasteiger partial charge on any atom is 0.0737 e. The van der Waals surface area contributed by atoms with Crippen LogP contribution in [0.15, 0.2) is 24.3 Å². The largest absolute Gasteiger partial charge is 0.389 e. The van der Waals surface area contributed by atoms with Crippen molar-refractivity contribution in [1.29, 1.82) is 0 Å². The molecule has 1 saturated heterocycles. The van der Waals surface area contributed by atoms with Crippen molar-refractivity contribution in [3.8, 4) is 0 Å². The average Bonchev–Trinajstić information content (AvgIpc) is 2.23. The number of piperidine rings is 1. The summed E-state index contributed by atoms with van der Waals surface area (Å²) in [6.45, 7) is 6.07. The van der Waals surface area contributed by atoms with Crippen molar-refractivity contribution >= 4 is 0 Å². The van der Waals surface area contributed by atoms with Crippen LogP contribution in [0.1, 0.15) is 24.5 Å². The predicted molar refractivity (Wildman–Crippen MR) is 66.5 cm³/mol. The van der Waals surface area contributed by atoms with Crippen LogP contribution in [-0.2, 0) is 6.42 Å². The van der Waals surface area contributed by atoms with Gasteiger partial charge in [0.25, 0.3) is 0 Å². The molecule has 88 valence electrons. The van der Waals surface area contributed by atoms with Crippen LogP contribution in [0, 0.1) is 12.8 Å². The second kappa shape index (κ2) is 4.56. The normalized spacial score (nSPS) is 30.3. The Balaban J connectivity index is 2.13. The van der Waals surface area contributed by atoms with Crippen LogP contribution in [0.4, 0.5) is 0 Å². The second-order valence-corrected chi connectivity index (χ2v) is 5.12. The minimum atomic E-state index is -0.529. The van der Waals surface area contributed by atoms with E-state index in [0.29, 0.717) is 5.92 Å². The van der Waals surface area contributed by atoms with Gasteiger partial charge in [-0.15, -0.1) is 0 Å². The van der Waals surface area contributed by atoms with Gasteiger partial charge in [-0.3, -0.25) is 0 Å². The van der Waals surface area contributed by atoms with Gasteiger partial charge in [-0.05, 0) is 31.4 Å². The van der Waals surface area contributed by atoms with Crippen LogP contribution in [0.5, 0.6) is 0 Å². The van der Waals surface area contributed by atoms with Gasteiger partial charge in [0.2, 0.25) is 0 Å². The number of hydrogen-bond donors (Lipinski definition) is 2. The van der Waals surface area contributed by atoms with E-state index in [9.17, 15) is 5.11 Å². The lowest BCUT2D eigenvalue weighted by Crippen LogP contribution is -2.50. The number of nitrogens with one attached hydrogen (secondary N) is 1. The maximum absolute atomic E-state index is 10.6. The van der Waals surface area contributed by atoms with Crippen LogP contribution in [0.3, 0.4) is 0 Å². The van der Waals surface area contributed by atoms with E-state index in [1.807, 2.05) is 0 Å². The fourth-order valence-electron chi connectivity index (χ4n) is 2.50. The molecule has 2 rings (SSSR count). The van der Waals surface area contributed by atoms with Crippen LogP contribution in [0.2, 0.25) is 0 Å². The van der Waals surface area contributed by atoms with Crippen LogP contribution < -0.4 is 5.32 Å². The molecule has 0 spiro atoms. The minimum Gasteiger partial charge on any atom is -0.389 e. The Kier molecular flexibility index (Phi) is 3.31. The summed E-state index contributed by atoms with van der Waals surface area (Å²) in [5.41, 5.74) is 1.98. The van der Waals surface area contributed by atoms with Crippen molar-refractivity contribution in [2.45, 2.75) is 32.3 Å². The molecule has 2 atom stereocenters. The van der Waals surface area contributed by atoms with Gasteiger partial charge < -0.3 is 10.4 Å². The first-order chi connectivity index (χ1) is 7.60. The smallest absolute Gasteiger partial charge is 0.0737 e. The first kappa shape index (κ1) is 11.6. The zero-order valence-electron chi connectivity index (χ0n) is 10.2. The summed E-state index contributed by atoms with van der Waals surface area (Å²) < 4.78 is 0. The predicted octanol–water partition coefficient (Wildman–Crippen LogP) is 1.90. The lowest BCUT2D eigenvalue weighted by atomic mass is 9.78. The maximum atomic E-state index is 10.6. The molecular weight excluding hydrogens is 198 g/mol. The van der Waals surface area contributed by atoms with Gasteiger partial charge in [0, 0.05) is 13.0 Å². The zero-order valence-corrected chi connectivity index (χ0v) is 10.2. The average molecular weight is 219 g/mol. The second-order valence-electron chi connectivity index (χ2n) is 5.12. The molecule has 0 bridgehead atoms. The van der Waals surface area contributed by atoms with Crippen molar-refractivity contribution in [3.63, 3.8) is 0 Å². The highest BCUT2D eigenvalue weighted by Crippen LogP contribution is 2.28. The van der Waals surface area contributed by atoms with E-state index in [0.717, 1.165) is 25.9 Å². The Labute approximate surface area is 97.7 Å². The Bertz CT molecular complexity index is 364. The van der Waals surface area contributed by atoms with E-state index < -0.39 is 5.60 Å². The van der Waals surface area contributed by atoms with Gasteiger partial charge in [-0.25, -0.2) is 0 Å². The Morgan fingerprint density at radius 3 is 3.00 bits per heavy atom. The number of aryl methyl sites for hydroxylation is 1. The molecule has 0 aliphatic carbocycles. The van der Waals surface area contributed by atoms with Gasteiger partial charge in [-0.2, -0.15) is 0 Å². The third-order valence-corrected chi connectivity index (χ3v) is 3.70. The topological polar surface area (TPSA) is 32.3 Å². The summed E-state index contributed by atoms with van der Waals surface area (Å²) in [4.78, 5) is 0. The fourth-order valence-corrected chi connectivity index (χ4v) is 2.50. The molecule has 2 heteroatoms. The summed E-state index contributed by atoms with van der Waals surface area (Å²) in [7, 11) is 0. The number of aliphatic hydroxyl groups is 1. The molecule has 16 heavy (non-hydrogen) atoms. The molecule has 1 fully saturated rings. The summed E-state index contributed by atoms with van der Waals surface area (Å²) in [6, 6.07) is 8.45. The molecule has 1 aromatic carbocycles. The molecule has 1 heterocycles. The third-order valence-electron chi connectivity index (χ3n) is 3.70. The van der Waals surface area contributed by atoms with E-state index in [1.165, 1.54) is 11.1 Å². The highest BCUT2D eigenvalue weighted by Gasteiger charge is 2.35. The first-order valence-corrected chi connectivity index (χ1v) is 6.09. The van der Waals surface area contributed by atoms with Gasteiger partial charge in [0.05, 0.1) is 5.60 Å². The summed E-state index contributed by atoms with van der Waals surface area (Å²) in [5.74, 6) is 0.321. The van der Waals surface area contributed by atoms with E-state index in [2.05, 4.69) is 43.4 Å². The van der Waals surface area contributed by atoms with Crippen molar-refractivity contribution in [2.75, 3.05) is 13.1 Å². The standard InChI is InChI=1S/C14H21NO/c1-11-4-3-5-13(8-11)9-14(16)6-7-15-10-12(14)2/h3-5,8,12,15-16H,6-7,9-10H2,1-2H3. The fraction of sp³-hybridized carbons (Fsp3) is 0.571. The van der Waals surface area contributed by atoms with Gasteiger partial charge >= 0.3 is 0 Å². The van der Waals surface area contributed by atoms with Gasteiger partial charge in [-0.1, -0.05) is 36.8 Å². The molecule has 1 aliphatic heterocycles. The molecule has 1 aliphatic rings. The lowest BCUT2D eigenvalue weighted by Gasteiger charge is -2.38. The SMILES string of the molecule is Cc1cccc(CC2(O)CCNCC2C)c1. The Morgan fingerprint density at radius 2 is 2.31 bits per heavy atom. The molecule has 2 N–H and O–H groups in total. The van der Waals surface area contributed by atoms with Crippen molar-refractivity contribution in [1.82, 2.24) is 5.32 Å². The Hall–Kier alpha value is -0.860.